The van der Waals surface area contributed by atoms with Gasteiger partial charge in [0, 0.05) is 5.92 Å². The Morgan fingerprint density at radius 1 is 1.37 bits per heavy atom. The van der Waals surface area contributed by atoms with Crippen LogP contribution in [0.25, 0.3) is 5.69 Å². The molecular formula is C13H14N4O2. The Kier molecular flexibility index (Phi) is 2.58. The molecule has 3 rings (SSSR count). The maximum absolute atomic E-state index is 10.9. The van der Waals surface area contributed by atoms with Crippen LogP contribution in [0.4, 0.5) is 0 Å². The molecule has 6 heteroatoms. The van der Waals surface area contributed by atoms with E-state index in [9.17, 15) is 4.79 Å². The van der Waals surface area contributed by atoms with Crippen LogP contribution < -0.4 is 0 Å². The fourth-order valence-electron chi connectivity index (χ4n) is 2.22. The van der Waals surface area contributed by atoms with Crippen molar-refractivity contribution in [3.05, 3.63) is 35.2 Å². The second-order valence-corrected chi connectivity index (χ2v) is 5.00. The van der Waals surface area contributed by atoms with Crippen LogP contribution in [0, 0.1) is 19.8 Å². The Balaban J connectivity index is 1.96. The van der Waals surface area contributed by atoms with Gasteiger partial charge in [-0.25, -0.2) is 0 Å². The molecule has 1 N–H and O–H groups in total. The summed E-state index contributed by atoms with van der Waals surface area (Å²) < 4.78 is 1.64. The first-order valence-corrected chi connectivity index (χ1v) is 6.16. The lowest BCUT2D eigenvalue weighted by Crippen LogP contribution is -2.06. The van der Waals surface area contributed by atoms with Crippen molar-refractivity contribution >= 4 is 5.97 Å². The van der Waals surface area contributed by atoms with Crippen molar-refractivity contribution in [3.8, 4) is 5.69 Å². The summed E-state index contributed by atoms with van der Waals surface area (Å²) in [4.78, 5) is 10.9. The topological polar surface area (TPSA) is 80.9 Å². The van der Waals surface area contributed by atoms with Crippen molar-refractivity contribution in [2.24, 2.45) is 5.92 Å². The van der Waals surface area contributed by atoms with Crippen LogP contribution in [-0.2, 0) is 4.79 Å². The molecule has 6 nitrogen and oxygen atoms in total. The van der Waals surface area contributed by atoms with Crippen molar-refractivity contribution in [2.45, 2.75) is 26.2 Å². The third-order valence-electron chi connectivity index (χ3n) is 3.67. The van der Waals surface area contributed by atoms with E-state index in [1.54, 1.807) is 4.68 Å². The van der Waals surface area contributed by atoms with E-state index in [0.717, 1.165) is 11.3 Å². The zero-order valence-corrected chi connectivity index (χ0v) is 10.7. The van der Waals surface area contributed by atoms with E-state index in [0.29, 0.717) is 12.2 Å². The number of aliphatic carboxylic acids is 1. The largest absolute Gasteiger partial charge is 0.481 e. The van der Waals surface area contributed by atoms with Gasteiger partial charge in [-0.1, -0.05) is 6.07 Å². The van der Waals surface area contributed by atoms with Gasteiger partial charge in [0.1, 0.15) is 0 Å². The van der Waals surface area contributed by atoms with Crippen LogP contribution in [0.15, 0.2) is 18.2 Å². The highest BCUT2D eigenvalue weighted by molar-refractivity contribution is 5.74. The standard InChI is InChI=1S/C13H14N4O2/c1-7-3-4-9(5-8(7)2)17-12(14-15-16-17)10-6-11(10)13(18)19/h3-5,10-11H,6H2,1-2H3,(H,18,19). The van der Waals surface area contributed by atoms with Crippen molar-refractivity contribution in [3.63, 3.8) is 0 Å². The highest BCUT2D eigenvalue weighted by Crippen LogP contribution is 2.46. The smallest absolute Gasteiger partial charge is 0.307 e. The molecule has 1 aromatic heterocycles. The first kappa shape index (κ1) is 11.8. The third-order valence-corrected chi connectivity index (χ3v) is 3.67. The van der Waals surface area contributed by atoms with E-state index in [1.807, 2.05) is 32.0 Å². The number of carbonyl (C=O) groups is 1. The lowest BCUT2D eigenvalue weighted by molar-refractivity contribution is -0.138. The first-order chi connectivity index (χ1) is 9.08. The summed E-state index contributed by atoms with van der Waals surface area (Å²) >= 11 is 0. The van der Waals surface area contributed by atoms with Crippen LogP contribution in [0.2, 0.25) is 0 Å². The molecule has 1 fully saturated rings. The molecule has 1 aromatic carbocycles. The van der Waals surface area contributed by atoms with Gasteiger partial charge in [0.25, 0.3) is 0 Å². The van der Waals surface area contributed by atoms with Gasteiger partial charge >= 0.3 is 5.97 Å². The number of carboxylic acids is 1. The summed E-state index contributed by atoms with van der Waals surface area (Å²) in [5.41, 5.74) is 3.23. The summed E-state index contributed by atoms with van der Waals surface area (Å²) in [6.45, 7) is 4.07. The highest BCUT2D eigenvalue weighted by Gasteiger charge is 2.47. The maximum Gasteiger partial charge on any atom is 0.307 e. The highest BCUT2D eigenvalue weighted by atomic mass is 16.4. The van der Waals surface area contributed by atoms with Gasteiger partial charge in [0.2, 0.25) is 0 Å². The SMILES string of the molecule is Cc1ccc(-n2nnnc2C2CC2C(=O)O)cc1C. The van der Waals surface area contributed by atoms with Crippen LogP contribution in [0.5, 0.6) is 0 Å². The Morgan fingerprint density at radius 3 is 2.79 bits per heavy atom. The Bertz CT molecular complexity index is 650. The molecule has 2 atom stereocenters. The number of hydrogen-bond donors (Lipinski definition) is 1. The second-order valence-electron chi connectivity index (χ2n) is 5.00. The summed E-state index contributed by atoms with van der Waals surface area (Å²) in [5, 5.41) is 20.6. The maximum atomic E-state index is 10.9. The average molecular weight is 258 g/mol. The number of nitrogens with zero attached hydrogens (tertiary/aromatic N) is 4. The van der Waals surface area contributed by atoms with Gasteiger partial charge in [-0.3, -0.25) is 4.79 Å². The van der Waals surface area contributed by atoms with E-state index in [-0.39, 0.29) is 11.8 Å². The number of rotatable bonds is 3. The molecule has 1 aliphatic carbocycles. The summed E-state index contributed by atoms with van der Waals surface area (Å²) in [6, 6.07) is 5.96. The van der Waals surface area contributed by atoms with Crippen LogP contribution >= 0.6 is 0 Å². The Morgan fingerprint density at radius 2 is 2.16 bits per heavy atom. The molecule has 1 aliphatic rings. The lowest BCUT2D eigenvalue weighted by Gasteiger charge is -2.06. The molecule has 2 unspecified atom stereocenters. The molecule has 0 bridgehead atoms. The minimum Gasteiger partial charge on any atom is -0.481 e. The van der Waals surface area contributed by atoms with Gasteiger partial charge in [-0.2, -0.15) is 4.68 Å². The number of carboxylic acid groups (broad SMARTS) is 1. The summed E-state index contributed by atoms with van der Waals surface area (Å²) in [7, 11) is 0. The minimum atomic E-state index is -0.778. The normalized spacial score (nSPS) is 21.4. The van der Waals surface area contributed by atoms with Crippen molar-refractivity contribution in [2.75, 3.05) is 0 Å². The number of hydrogen-bond acceptors (Lipinski definition) is 4. The second kappa shape index (κ2) is 4.15. The van der Waals surface area contributed by atoms with Crippen molar-refractivity contribution in [1.29, 1.82) is 0 Å². The summed E-state index contributed by atoms with van der Waals surface area (Å²) in [6.07, 6.45) is 0.612. The van der Waals surface area contributed by atoms with E-state index in [2.05, 4.69) is 15.5 Å². The van der Waals surface area contributed by atoms with Gasteiger partial charge < -0.3 is 5.11 Å². The van der Waals surface area contributed by atoms with Crippen molar-refractivity contribution < 1.29 is 9.90 Å². The fourth-order valence-corrected chi connectivity index (χ4v) is 2.22. The molecule has 1 saturated carbocycles. The Labute approximate surface area is 110 Å². The van der Waals surface area contributed by atoms with E-state index >= 15 is 0 Å². The number of aryl methyl sites for hydroxylation is 2. The molecular weight excluding hydrogens is 244 g/mol. The average Bonchev–Trinajstić information content (AvgIpc) is 3.03. The number of aromatic nitrogens is 4. The number of benzene rings is 1. The van der Waals surface area contributed by atoms with E-state index in [1.165, 1.54) is 5.56 Å². The van der Waals surface area contributed by atoms with Gasteiger partial charge in [0.05, 0.1) is 11.6 Å². The third kappa shape index (κ3) is 1.99. The molecule has 0 amide bonds. The molecule has 19 heavy (non-hydrogen) atoms. The molecule has 0 spiro atoms. The van der Waals surface area contributed by atoms with Crippen molar-refractivity contribution in [1.82, 2.24) is 20.2 Å². The zero-order valence-electron chi connectivity index (χ0n) is 10.7. The Hall–Kier alpha value is -2.24. The van der Waals surface area contributed by atoms with Gasteiger partial charge in [0.15, 0.2) is 5.82 Å². The molecule has 0 saturated heterocycles. The predicted octanol–water partition coefficient (Wildman–Crippen LogP) is 1.47. The van der Waals surface area contributed by atoms with Gasteiger partial charge in [-0.05, 0) is 54.0 Å². The first-order valence-electron chi connectivity index (χ1n) is 6.16. The van der Waals surface area contributed by atoms with Crippen LogP contribution in [0.1, 0.15) is 29.3 Å². The van der Waals surface area contributed by atoms with Crippen LogP contribution in [-0.4, -0.2) is 31.3 Å². The quantitative estimate of drug-likeness (QED) is 0.901. The molecule has 1 heterocycles. The molecule has 2 aromatic rings. The van der Waals surface area contributed by atoms with E-state index < -0.39 is 5.97 Å². The molecule has 0 radical (unpaired) electrons. The lowest BCUT2D eigenvalue weighted by atomic mass is 10.1. The monoisotopic (exact) mass is 258 g/mol. The molecule has 0 aliphatic heterocycles. The van der Waals surface area contributed by atoms with Gasteiger partial charge in [-0.15, -0.1) is 5.10 Å². The molecule has 98 valence electrons. The predicted molar refractivity (Wildman–Crippen MR) is 67.1 cm³/mol. The summed E-state index contributed by atoms with van der Waals surface area (Å²) in [5.74, 6) is -0.569. The minimum absolute atomic E-state index is 0.0749. The number of tetrazole rings is 1. The fraction of sp³-hybridized carbons (Fsp3) is 0.385. The zero-order chi connectivity index (χ0) is 13.6. The van der Waals surface area contributed by atoms with E-state index in [4.69, 9.17) is 5.11 Å². The van der Waals surface area contributed by atoms with Crippen LogP contribution in [0.3, 0.4) is 0 Å².